The van der Waals surface area contributed by atoms with E-state index in [0.29, 0.717) is 25.9 Å². The van der Waals surface area contributed by atoms with Gasteiger partial charge in [-0.25, -0.2) is 14.2 Å². The van der Waals surface area contributed by atoms with Gasteiger partial charge in [-0.3, -0.25) is 9.69 Å². The van der Waals surface area contributed by atoms with E-state index in [0.717, 1.165) is 75.1 Å². The number of aromatic nitrogens is 1. The minimum Gasteiger partial charge on any atom is -0.480 e. The molecule has 1 aromatic heterocycles. The lowest BCUT2D eigenvalue weighted by atomic mass is 9.99. The number of aryl methyl sites for hydroxylation is 2. The third-order valence-electron chi connectivity index (χ3n) is 7.42. The molecular formula is C30H43FN4O3. The van der Waals surface area contributed by atoms with E-state index >= 15 is 0 Å². The largest absolute Gasteiger partial charge is 0.480 e. The summed E-state index contributed by atoms with van der Waals surface area (Å²) in [5.74, 6) is -0.226. The van der Waals surface area contributed by atoms with Crippen molar-refractivity contribution in [1.82, 2.24) is 15.2 Å². The van der Waals surface area contributed by atoms with Crippen molar-refractivity contribution in [3.63, 3.8) is 0 Å². The summed E-state index contributed by atoms with van der Waals surface area (Å²) in [5.41, 5.74) is 3.33. The highest BCUT2D eigenvalue weighted by molar-refractivity contribution is 5.83. The number of rotatable bonds is 16. The van der Waals surface area contributed by atoms with Crippen molar-refractivity contribution >= 4 is 17.7 Å². The number of benzene rings is 1. The van der Waals surface area contributed by atoms with E-state index < -0.39 is 12.0 Å². The molecule has 0 radical (unpaired) electrons. The zero-order valence-electron chi connectivity index (χ0n) is 22.8. The zero-order chi connectivity index (χ0) is 27.3. The number of unbranched alkanes of at least 4 members (excludes halogenated alkanes) is 1. The summed E-state index contributed by atoms with van der Waals surface area (Å²) in [6, 6.07) is 9.78. The average molecular weight is 527 g/mol. The van der Waals surface area contributed by atoms with E-state index in [4.69, 9.17) is 4.98 Å². The molecule has 0 fully saturated rings. The number of hydrogen-bond acceptors (Lipinski definition) is 5. The third-order valence-corrected chi connectivity index (χ3v) is 7.42. The second-order valence-corrected chi connectivity index (χ2v) is 10.3. The van der Waals surface area contributed by atoms with E-state index in [1.165, 1.54) is 17.7 Å². The van der Waals surface area contributed by atoms with Crippen LogP contribution in [0.15, 0.2) is 36.4 Å². The lowest BCUT2D eigenvalue weighted by Gasteiger charge is -2.25. The number of carbonyl (C=O) groups excluding carboxylic acids is 1. The van der Waals surface area contributed by atoms with E-state index in [1.807, 2.05) is 13.8 Å². The molecule has 0 aliphatic carbocycles. The first-order valence-corrected chi connectivity index (χ1v) is 14.1. The van der Waals surface area contributed by atoms with Crippen LogP contribution in [0.3, 0.4) is 0 Å². The van der Waals surface area contributed by atoms with Crippen LogP contribution in [0.5, 0.6) is 0 Å². The Bertz CT molecular complexity index is 1030. The number of amides is 1. The molecule has 1 amide bonds. The van der Waals surface area contributed by atoms with Gasteiger partial charge in [-0.05, 0) is 80.3 Å². The van der Waals surface area contributed by atoms with Crippen LogP contribution in [0.4, 0.5) is 10.2 Å². The molecule has 1 aliphatic rings. The number of nitrogens with zero attached hydrogens (tertiary/aromatic N) is 2. The van der Waals surface area contributed by atoms with E-state index in [2.05, 4.69) is 27.7 Å². The van der Waals surface area contributed by atoms with Gasteiger partial charge in [0.15, 0.2) is 0 Å². The lowest BCUT2D eigenvalue weighted by Crippen LogP contribution is -2.43. The van der Waals surface area contributed by atoms with Gasteiger partial charge in [-0.15, -0.1) is 0 Å². The van der Waals surface area contributed by atoms with E-state index in [-0.39, 0.29) is 17.6 Å². The first-order valence-electron chi connectivity index (χ1n) is 14.1. The quantitative estimate of drug-likeness (QED) is 0.261. The van der Waals surface area contributed by atoms with Gasteiger partial charge < -0.3 is 15.7 Å². The maximum absolute atomic E-state index is 13.4. The Hall–Kier alpha value is -3.00. The monoisotopic (exact) mass is 526 g/mol. The number of carboxylic acids is 1. The Morgan fingerprint density at radius 2 is 1.87 bits per heavy atom. The summed E-state index contributed by atoms with van der Waals surface area (Å²) in [5, 5.41) is 15.9. The van der Waals surface area contributed by atoms with Crippen LogP contribution in [0.1, 0.15) is 75.6 Å². The van der Waals surface area contributed by atoms with Gasteiger partial charge in [0.25, 0.3) is 0 Å². The number of nitrogens with one attached hydrogen (secondary N) is 2. The minimum atomic E-state index is -1.02. The first kappa shape index (κ1) is 29.6. The maximum Gasteiger partial charge on any atom is 0.326 e. The van der Waals surface area contributed by atoms with Crippen molar-refractivity contribution in [2.45, 2.75) is 84.2 Å². The second-order valence-electron chi connectivity index (χ2n) is 10.3. The number of aliphatic carboxylic acids is 1. The van der Waals surface area contributed by atoms with Crippen molar-refractivity contribution < 1.29 is 19.1 Å². The number of carboxylic acid groups (broad SMARTS) is 1. The number of anilines is 1. The predicted molar refractivity (Wildman–Crippen MR) is 149 cm³/mol. The molecule has 38 heavy (non-hydrogen) atoms. The van der Waals surface area contributed by atoms with Crippen LogP contribution in [-0.2, 0) is 29.0 Å². The standard InChI is InChI=1S/C30H43FN4O3/c1-3-22(4-2)20-28(36)34-27(30(37)38)16-19-35(21-23-10-13-25(31)14-11-23)18-6-5-9-26-15-12-24-8-7-17-32-29(24)33-26/h10-15,22,27H,3-9,16-21H2,1-2H3,(H,32,33)(H,34,36)(H,37,38). The van der Waals surface area contributed by atoms with Crippen molar-refractivity contribution in [3.05, 3.63) is 59.0 Å². The Morgan fingerprint density at radius 3 is 2.58 bits per heavy atom. The van der Waals surface area contributed by atoms with Gasteiger partial charge in [-0.1, -0.05) is 44.9 Å². The van der Waals surface area contributed by atoms with Gasteiger partial charge in [0.1, 0.15) is 17.7 Å². The van der Waals surface area contributed by atoms with Crippen molar-refractivity contribution in [2.75, 3.05) is 25.0 Å². The van der Waals surface area contributed by atoms with Crippen molar-refractivity contribution in [1.29, 1.82) is 0 Å². The maximum atomic E-state index is 13.4. The molecular weight excluding hydrogens is 483 g/mol. The van der Waals surface area contributed by atoms with Crippen LogP contribution in [0.25, 0.3) is 0 Å². The number of hydrogen-bond donors (Lipinski definition) is 3. The van der Waals surface area contributed by atoms with Gasteiger partial charge in [0.2, 0.25) is 5.91 Å². The second kappa shape index (κ2) is 15.4. The molecule has 1 unspecified atom stereocenters. The third kappa shape index (κ3) is 9.71. The smallest absolute Gasteiger partial charge is 0.326 e. The number of halogens is 1. The van der Waals surface area contributed by atoms with Crippen molar-refractivity contribution in [3.8, 4) is 0 Å². The fourth-order valence-corrected chi connectivity index (χ4v) is 4.93. The van der Waals surface area contributed by atoms with Crippen LogP contribution in [0, 0.1) is 11.7 Å². The summed E-state index contributed by atoms with van der Waals surface area (Å²) in [6.07, 6.45) is 7.42. The highest BCUT2D eigenvalue weighted by Crippen LogP contribution is 2.20. The van der Waals surface area contributed by atoms with Crippen LogP contribution < -0.4 is 10.6 Å². The summed E-state index contributed by atoms with van der Waals surface area (Å²) >= 11 is 0. The van der Waals surface area contributed by atoms with Crippen LogP contribution in [0.2, 0.25) is 0 Å². The summed E-state index contributed by atoms with van der Waals surface area (Å²) < 4.78 is 13.4. The Labute approximate surface area is 226 Å². The number of carbonyl (C=O) groups is 2. The normalized spacial score (nSPS) is 13.7. The molecule has 208 valence electrons. The van der Waals surface area contributed by atoms with Gasteiger partial charge >= 0.3 is 5.97 Å². The molecule has 3 rings (SSSR count). The van der Waals surface area contributed by atoms with Gasteiger partial charge in [0.05, 0.1) is 0 Å². The molecule has 1 aromatic carbocycles. The molecule has 8 heteroatoms. The van der Waals surface area contributed by atoms with Crippen molar-refractivity contribution in [2.24, 2.45) is 5.92 Å². The topological polar surface area (TPSA) is 94.6 Å². The molecule has 7 nitrogen and oxygen atoms in total. The fraction of sp³-hybridized carbons (Fsp3) is 0.567. The Morgan fingerprint density at radius 1 is 1.11 bits per heavy atom. The molecule has 1 atom stereocenters. The minimum absolute atomic E-state index is 0.205. The Kier molecular flexibility index (Phi) is 12.0. The highest BCUT2D eigenvalue weighted by Gasteiger charge is 2.22. The molecule has 0 saturated heterocycles. The average Bonchev–Trinajstić information content (AvgIpc) is 2.92. The van der Waals surface area contributed by atoms with Gasteiger partial charge in [-0.2, -0.15) is 0 Å². The Balaban J connectivity index is 1.55. The van der Waals surface area contributed by atoms with E-state index in [9.17, 15) is 19.1 Å². The van der Waals surface area contributed by atoms with Gasteiger partial charge in [0, 0.05) is 31.7 Å². The molecule has 0 bridgehead atoms. The highest BCUT2D eigenvalue weighted by atomic mass is 19.1. The predicted octanol–water partition coefficient (Wildman–Crippen LogP) is 5.19. The van der Waals surface area contributed by atoms with Crippen LogP contribution in [-0.4, -0.2) is 52.5 Å². The summed E-state index contributed by atoms with van der Waals surface area (Å²) in [6.45, 7) is 6.94. The molecule has 2 aromatic rings. The summed E-state index contributed by atoms with van der Waals surface area (Å²) in [7, 11) is 0. The number of fused-ring (bicyclic) bond motifs is 1. The molecule has 0 spiro atoms. The van der Waals surface area contributed by atoms with Crippen LogP contribution >= 0.6 is 0 Å². The zero-order valence-corrected chi connectivity index (χ0v) is 22.8. The SMILES string of the molecule is CCC(CC)CC(=O)NC(CCN(CCCCc1ccc2c(n1)NCCC2)Cc1ccc(F)cc1)C(=O)O. The number of pyridine rings is 1. The lowest BCUT2D eigenvalue weighted by molar-refractivity contribution is -0.142. The van der Waals surface area contributed by atoms with E-state index in [1.54, 1.807) is 12.1 Å². The molecule has 0 saturated carbocycles. The molecule has 3 N–H and O–H groups in total. The first-order chi connectivity index (χ1) is 18.4. The molecule has 2 heterocycles. The summed E-state index contributed by atoms with van der Waals surface area (Å²) in [4.78, 5) is 31.3. The fourth-order valence-electron chi connectivity index (χ4n) is 4.93. The molecule has 1 aliphatic heterocycles.